The average molecular weight is 751 g/mol. The Bertz CT molecular complexity index is 2470. The topological polar surface area (TPSA) is 245 Å². The lowest BCUT2D eigenvalue weighted by atomic mass is 10.1. The third-order valence-corrected chi connectivity index (χ3v) is 8.80. The number of primary amides is 2. The number of amides is 4. The molecule has 0 aliphatic rings. The first-order chi connectivity index (χ1) is 26.4. The molecule has 0 atom stereocenters. The predicted octanol–water partition coefficient (Wildman–Crippen LogP) is 2.93. The molecule has 4 amide bonds. The number of nitrogens with two attached hydrogens (primary N) is 2. The van der Waals surface area contributed by atoms with E-state index in [1.165, 1.54) is 12.1 Å². The summed E-state index contributed by atoms with van der Waals surface area (Å²) in [5.74, 6) is -1.45. The minimum atomic E-state index is -0.690. The van der Waals surface area contributed by atoms with Crippen LogP contribution in [-0.4, -0.2) is 80.6 Å². The van der Waals surface area contributed by atoms with Crippen molar-refractivity contribution < 1.29 is 29.0 Å². The van der Waals surface area contributed by atoms with Crippen molar-refractivity contribution in [3.8, 4) is 5.75 Å². The summed E-state index contributed by atoms with van der Waals surface area (Å²) >= 11 is 0. The zero-order valence-electron chi connectivity index (χ0n) is 30.9. The number of aliphatic hydroxyl groups is 1. The van der Waals surface area contributed by atoms with Gasteiger partial charge >= 0.3 is 0 Å². The molecular formula is C37H42N12O6. The standard InChI is InChI=1S/C37H42N12O6/c1-5-25-24(20-46(4)45-25)34(53)42-37-41-27-18-23(33(39)52)19-30(55-15-9-14-50)31(27)48(37)13-8-7-12-47-28-11-10-22(32(38)51)17-26(28)40-36(47)43-35(54)29-16-21(3)44-49(29)6-2/h7-8,10-11,16-20,50H,5-6,9,12-15H2,1-4H3,(H2,38,51)(H2,39,52)(H,40,43,54)(H,41,42,53)/b8-7+. The minimum absolute atomic E-state index is 0.107. The summed E-state index contributed by atoms with van der Waals surface area (Å²) in [6.07, 6.45) is 6.18. The number of aliphatic hydroxyl groups excluding tert-OH is 1. The Kier molecular flexibility index (Phi) is 11.1. The molecule has 4 heterocycles. The Labute approximate surface area is 314 Å². The first kappa shape index (κ1) is 37.9. The van der Waals surface area contributed by atoms with Crippen LogP contribution < -0.4 is 26.8 Å². The molecule has 0 saturated carbocycles. The van der Waals surface area contributed by atoms with E-state index in [1.54, 1.807) is 62.9 Å². The molecule has 0 fully saturated rings. The van der Waals surface area contributed by atoms with Gasteiger partial charge in [-0.3, -0.25) is 39.2 Å². The molecule has 4 aromatic heterocycles. The smallest absolute Gasteiger partial charge is 0.276 e. The number of benzene rings is 2. The molecule has 55 heavy (non-hydrogen) atoms. The largest absolute Gasteiger partial charge is 0.491 e. The number of hydrogen-bond donors (Lipinski definition) is 5. The van der Waals surface area contributed by atoms with Gasteiger partial charge in [0, 0.05) is 57.0 Å². The number of aromatic nitrogens is 8. The number of imidazole rings is 2. The lowest BCUT2D eigenvalue weighted by Crippen LogP contribution is -2.19. The first-order valence-corrected chi connectivity index (χ1v) is 17.6. The number of nitrogens with one attached hydrogen (secondary N) is 2. The quantitative estimate of drug-likeness (QED) is 0.0715. The van der Waals surface area contributed by atoms with Crippen LogP contribution in [0.2, 0.25) is 0 Å². The van der Waals surface area contributed by atoms with Gasteiger partial charge in [0.15, 0.2) is 0 Å². The van der Waals surface area contributed by atoms with Gasteiger partial charge < -0.3 is 30.4 Å². The molecule has 0 saturated heterocycles. The zero-order valence-corrected chi connectivity index (χ0v) is 30.9. The Morgan fingerprint density at radius 3 is 2.24 bits per heavy atom. The lowest BCUT2D eigenvalue weighted by Gasteiger charge is -2.13. The van der Waals surface area contributed by atoms with E-state index >= 15 is 0 Å². The fourth-order valence-electron chi connectivity index (χ4n) is 6.21. The van der Waals surface area contributed by atoms with Crippen LogP contribution in [0.3, 0.4) is 0 Å². The van der Waals surface area contributed by atoms with Gasteiger partial charge in [-0.2, -0.15) is 10.2 Å². The first-order valence-electron chi connectivity index (χ1n) is 17.6. The molecule has 0 bridgehead atoms. The van der Waals surface area contributed by atoms with Crippen LogP contribution >= 0.6 is 0 Å². The summed E-state index contributed by atoms with van der Waals surface area (Å²) in [5, 5.41) is 23.9. The van der Waals surface area contributed by atoms with E-state index < -0.39 is 23.6 Å². The second kappa shape index (κ2) is 16.0. The molecule has 0 unspecified atom stereocenters. The molecule has 0 aliphatic carbocycles. The third-order valence-electron chi connectivity index (χ3n) is 8.80. The van der Waals surface area contributed by atoms with Crippen molar-refractivity contribution in [3.05, 3.63) is 88.5 Å². The number of aryl methyl sites for hydroxylation is 4. The van der Waals surface area contributed by atoms with Gasteiger partial charge in [0.1, 0.15) is 17.0 Å². The van der Waals surface area contributed by atoms with Gasteiger partial charge in [-0.15, -0.1) is 0 Å². The van der Waals surface area contributed by atoms with E-state index in [-0.39, 0.29) is 55.1 Å². The number of allylic oxidation sites excluding steroid dienone is 2. The van der Waals surface area contributed by atoms with Crippen LogP contribution in [-0.2, 0) is 33.1 Å². The maximum Gasteiger partial charge on any atom is 0.276 e. The monoisotopic (exact) mass is 750 g/mol. The Hall–Kier alpha value is -6.82. The van der Waals surface area contributed by atoms with Gasteiger partial charge in [0.25, 0.3) is 11.8 Å². The molecule has 6 aromatic rings. The normalized spacial score (nSPS) is 11.5. The van der Waals surface area contributed by atoms with Crippen LogP contribution in [0.5, 0.6) is 5.75 Å². The second-order valence-electron chi connectivity index (χ2n) is 12.7. The van der Waals surface area contributed by atoms with Crippen LogP contribution in [0.4, 0.5) is 11.9 Å². The van der Waals surface area contributed by atoms with Crippen LogP contribution in [0.25, 0.3) is 22.1 Å². The fourth-order valence-corrected chi connectivity index (χ4v) is 6.21. The van der Waals surface area contributed by atoms with E-state index in [1.807, 2.05) is 26.0 Å². The van der Waals surface area contributed by atoms with Crippen molar-refractivity contribution in [2.75, 3.05) is 23.8 Å². The molecule has 7 N–H and O–H groups in total. The molecule has 0 radical (unpaired) electrons. The lowest BCUT2D eigenvalue weighted by molar-refractivity contribution is 0.0992. The van der Waals surface area contributed by atoms with Crippen molar-refractivity contribution >= 4 is 57.6 Å². The molecule has 286 valence electrons. The highest BCUT2D eigenvalue weighted by Gasteiger charge is 2.23. The SMILES string of the molecule is CCc1nn(C)cc1C(=O)Nc1nc2cc(C(N)=O)cc(OCCCO)c2n1C/C=C/Cn1c(NC(=O)c2cc(C)nn2CC)nc2cc(C(N)=O)ccc21. The number of carbonyl (C=O) groups is 4. The number of anilines is 2. The maximum absolute atomic E-state index is 13.6. The van der Waals surface area contributed by atoms with Crippen molar-refractivity contribution in [1.29, 1.82) is 0 Å². The molecule has 2 aromatic carbocycles. The van der Waals surface area contributed by atoms with Crippen molar-refractivity contribution in [1.82, 2.24) is 38.7 Å². The van der Waals surface area contributed by atoms with Gasteiger partial charge in [-0.1, -0.05) is 19.1 Å². The third kappa shape index (κ3) is 7.93. The molecule has 0 aliphatic heterocycles. The Morgan fingerprint density at radius 2 is 1.55 bits per heavy atom. The fraction of sp³-hybridized carbons (Fsp3) is 0.297. The Balaban J connectivity index is 1.38. The number of carbonyl (C=O) groups excluding carboxylic acids is 4. The van der Waals surface area contributed by atoms with Crippen molar-refractivity contribution in [3.63, 3.8) is 0 Å². The molecular weight excluding hydrogens is 708 g/mol. The van der Waals surface area contributed by atoms with Gasteiger partial charge in [-0.05, 0) is 56.7 Å². The Morgan fingerprint density at radius 1 is 0.873 bits per heavy atom. The molecule has 6 rings (SSSR count). The van der Waals surface area contributed by atoms with E-state index in [0.717, 1.165) is 0 Å². The van der Waals surface area contributed by atoms with Crippen LogP contribution in [0, 0.1) is 6.92 Å². The van der Waals surface area contributed by atoms with Gasteiger partial charge in [0.2, 0.25) is 23.7 Å². The highest BCUT2D eigenvalue weighted by atomic mass is 16.5. The second-order valence-corrected chi connectivity index (χ2v) is 12.7. The number of ether oxygens (including phenoxy) is 1. The van der Waals surface area contributed by atoms with E-state index in [2.05, 4.69) is 30.8 Å². The summed E-state index contributed by atoms with van der Waals surface area (Å²) in [6, 6.07) is 9.57. The number of nitrogens with zero attached hydrogens (tertiary/aromatic N) is 8. The van der Waals surface area contributed by atoms with E-state index in [9.17, 15) is 24.3 Å². The molecule has 0 spiro atoms. The van der Waals surface area contributed by atoms with E-state index in [0.29, 0.717) is 64.1 Å². The summed E-state index contributed by atoms with van der Waals surface area (Å²) in [7, 11) is 1.73. The van der Waals surface area contributed by atoms with Gasteiger partial charge in [0.05, 0.1) is 40.1 Å². The highest BCUT2D eigenvalue weighted by molar-refractivity contribution is 6.06. The summed E-state index contributed by atoms with van der Waals surface area (Å²) in [4.78, 5) is 60.6. The summed E-state index contributed by atoms with van der Waals surface area (Å²) < 4.78 is 12.7. The van der Waals surface area contributed by atoms with Crippen LogP contribution in [0.15, 0.2) is 54.7 Å². The van der Waals surface area contributed by atoms with Gasteiger partial charge in [-0.25, -0.2) is 9.97 Å². The van der Waals surface area contributed by atoms with E-state index in [4.69, 9.17) is 16.2 Å². The zero-order chi connectivity index (χ0) is 39.4. The van der Waals surface area contributed by atoms with Crippen LogP contribution in [0.1, 0.15) is 73.2 Å². The summed E-state index contributed by atoms with van der Waals surface area (Å²) in [5.41, 5.74) is 15.6. The number of fused-ring (bicyclic) bond motifs is 2. The number of hydrogen-bond acceptors (Lipinski definition) is 10. The molecule has 18 heteroatoms. The van der Waals surface area contributed by atoms with Crippen molar-refractivity contribution in [2.45, 2.75) is 53.2 Å². The molecule has 18 nitrogen and oxygen atoms in total. The highest BCUT2D eigenvalue weighted by Crippen LogP contribution is 2.32. The average Bonchev–Trinajstić information content (AvgIpc) is 3.92. The predicted molar refractivity (Wildman–Crippen MR) is 204 cm³/mol. The minimum Gasteiger partial charge on any atom is -0.491 e. The number of rotatable bonds is 16. The van der Waals surface area contributed by atoms with Crippen molar-refractivity contribution in [2.24, 2.45) is 18.5 Å². The maximum atomic E-state index is 13.6. The summed E-state index contributed by atoms with van der Waals surface area (Å²) in [6.45, 7) is 6.51.